The molecule has 1 amide bonds. The number of amides is 1. The van der Waals surface area contributed by atoms with Crippen molar-refractivity contribution in [3.8, 4) is 0 Å². The molecule has 3 rings (SSSR count). The molecule has 1 aliphatic heterocycles. The topological polar surface area (TPSA) is 46.6 Å². The van der Waals surface area contributed by atoms with E-state index in [2.05, 4.69) is 0 Å². The van der Waals surface area contributed by atoms with Crippen LogP contribution in [0.5, 0.6) is 0 Å². The number of hydrogen-bond acceptors (Lipinski definition) is 3. The second-order valence-electron chi connectivity index (χ2n) is 4.78. The zero-order chi connectivity index (χ0) is 14.3. The van der Waals surface area contributed by atoms with Crippen molar-refractivity contribution in [2.24, 2.45) is 0 Å². The quantitative estimate of drug-likeness (QED) is 0.805. The average molecular weight is 269 g/mol. The highest BCUT2D eigenvalue weighted by Gasteiger charge is 2.36. The Labute approximate surface area is 116 Å². The van der Waals surface area contributed by atoms with Gasteiger partial charge < -0.3 is 4.74 Å². The first-order chi connectivity index (χ1) is 9.65. The van der Waals surface area contributed by atoms with Gasteiger partial charge in [0.15, 0.2) is 0 Å². The Morgan fingerprint density at radius 2 is 1.95 bits per heavy atom. The molecule has 4 heteroatoms. The van der Waals surface area contributed by atoms with Crippen LogP contribution in [0.1, 0.15) is 24.2 Å². The van der Waals surface area contributed by atoms with Gasteiger partial charge in [-0.2, -0.15) is 0 Å². The third-order valence-electron chi connectivity index (χ3n) is 3.61. The van der Waals surface area contributed by atoms with Gasteiger partial charge in [-0.15, -0.1) is 0 Å². The second kappa shape index (κ2) is 4.63. The summed E-state index contributed by atoms with van der Waals surface area (Å²) in [5.41, 5.74) is 1.43. The molecule has 0 unspecified atom stereocenters. The minimum absolute atomic E-state index is 0.141. The summed E-state index contributed by atoms with van der Waals surface area (Å²) < 4.78 is 5.03. The van der Waals surface area contributed by atoms with E-state index in [4.69, 9.17) is 4.74 Å². The molecule has 0 saturated carbocycles. The van der Waals surface area contributed by atoms with Crippen LogP contribution in [0.3, 0.4) is 0 Å². The highest BCUT2D eigenvalue weighted by molar-refractivity contribution is 6.26. The fraction of sp³-hybridized carbons (Fsp3) is 0.250. The second-order valence-corrected chi connectivity index (χ2v) is 4.78. The Morgan fingerprint density at radius 1 is 1.25 bits per heavy atom. The first kappa shape index (κ1) is 12.7. The molecule has 2 aromatic rings. The summed E-state index contributed by atoms with van der Waals surface area (Å²) >= 11 is 0. The zero-order valence-corrected chi connectivity index (χ0v) is 11.4. The van der Waals surface area contributed by atoms with Gasteiger partial charge in [0.05, 0.1) is 12.3 Å². The lowest BCUT2D eigenvalue weighted by atomic mass is 10.1. The van der Waals surface area contributed by atoms with Crippen LogP contribution in [0.4, 0.5) is 5.69 Å². The van der Waals surface area contributed by atoms with Crippen molar-refractivity contribution >= 4 is 28.3 Å². The van der Waals surface area contributed by atoms with Crippen molar-refractivity contribution < 1.29 is 14.3 Å². The van der Waals surface area contributed by atoms with Gasteiger partial charge in [0.25, 0.3) is 5.91 Å². The number of nitrogens with zero attached hydrogens (tertiary/aromatic N) is 1. The maximum atomic E-state index is 12.5. The van der Waals surface area contributed by atoms with E-state index in [9.17, 15) is 9.59 Å². The van der Waals surface area contributed by atoms with Gasteiger partial charge in [0.1, 0.15) is 6.04 Å². The van der Waals surface area contributed by atoms with Crippen LogP contribution in [0, 0.1) is 0 Å². The van der Waals surface area contributed by atoms with E-state index in [1.807, 2.05) is 30.3 Å². The number of carbonyl (C=O) groups is 2. The van der Waals surface area contributed by atoms with Crippen LogP contribution >= 0.6 is 0 Å². The Morgan fingerprint density at radius 3 is 2.65 bits per heavy atom. The smallest absolute Gasteiger partial charge is 0.328 e. The lowest BCUT2D eigenvalue weighted by Crippen LogP contribution is -2.42. The molecule has 0 saturated heterocycles. The number of esters is 1. The summed E-state index contributed by atoms with van der Waals surface area (Å²) in [6.45, 7) is 3.76. The van der Waals surface area contributed by atoms with E-state index in [1.54, 1.807) is 19.9 Å². The minimum Gasteiger partial charge on any atom is -0.464 e. The summed E-state index contributed by atoms with van der Waals surface area (Å²) in [4.78, 5) is 26.0. The first-order valence-electron chi connectivity index (χ1n) is 6.67. The Balaban J connectivity index is 2.11. The van der Waals surface area contributed by atoms with Gasteiger partial charge in [-0.1, -0.05) is 24.3 Å². The van der Waals surface area contributed by atoms with E-state index >= 15 is 0 Å². The van der Waals surface area contributed by atoms with Crippen LogP contribution in [0.2, 0.25) is 0 Å². The van der Waals surface area contributed by atoms with Crippen molar-refractivity contribution in [3.63, 3.8) is 0 Å². The highest BCUT2D eigenvalue weighted by Crippen LogP contribution is 2.38. The normalized spacial score (nSPS) is 14.7. The van der Waals surface area contributed by atoms with E-state index in [0.29, 0.717) is 12.2 Å². The van der Waals surface area contributed by atoms with Gasteiger partial charge in [-0.25, -0.2) is 4.79 Å². The van der Waals surface area contributed by atoms with Crippen molar-refractivity contribution in [3.05, 3.63) is 42.0 Å². The van der Waals surface area contributed by atoms with Gasteiger partial charge in [-0.3, -0.25) is 9.69 Å². The lowest BCUT2D eigenvalue weighted by molar-refractivity contribution is -0.144. The predicted molar refractivity (Wildman–Crippen MR) is 76.9 cm³/mol. The van der Waals surface area contributed by atoms with Crippen molar-refractivity contribution in [1.82, 2.24) is 0 Å². The van der Waals surface area contributed by atoms with E-state index in [1.165, 1.54) is 4.90 Å². The summed E-state index contributed by atoms with van der Waals surface area (Å²) in [5, 5.41) is 1.92. The summed E-state index contributed by atoms with van der Waals surface area (Å²) in [6, 6.07) is 10.7. The molecule has 20 heavy (non-hydrogen) atoms. The van der Waals surface area contributed by atoms with Gasteiger partial charge in [0.2, 0.25) is 0 Å². The fourth-order valence-corrected chi connectivity index (χ4v) is 2.69. The van der Waals surface area contributed by atoms with E-state index < -0.39 is 6.04 Å². The number of benzene rings is 2. The molecule has 0 bridgehead atoms. The van der Waals surface area contributed by atoms with Crippen LogP contribution in [-0.4, -0.2) is 24.5 Å². The van der Waals surface area contributed by atoms with Crippen LogP contribution in [0.25, 0.3) is 10.8 Å². The van der Waals surface area contributed by atoms with Crippen LogP contribution in [0.15, 0.2) is 36.4 Å². The molecule has 0 spiro atoms. The molecule has 0 aromatic heterocycles. The molecule has 102 valence electrons. The van der Waals surface area contributed by atoms with Gasteiger partial charge in [0, 0.05) is 10.9 Å². The van der Waals surface area contributed by atoms with Crippen LogP contribution in [-0.2, 0) is 9.53 Å². The van der Waals surface area contributed by atoms with E-state index in [-0.39, 0.29) is 11.9 Å². The Kier molecular flexibility index (Phi) is 2.93. The third kappa shape index (κ3) is 1.68. The monoisotopic (exact) mass is 269 g/mol. The molecule has 2 aromatic carbocycles. The maximum Gasteiger partial charge on any atom is 0.328 e. The van der Waals surface area contributed by atoms with Crippen LogP contribution < -0.4 is 4.90 Å². The molecule has 0 N–H and O–H groups in total. The van der Waals surface area contributed by atoms with Crippen molar-refractivity contribution in [2.45, 2.75) is 19.9 Å². The summed E-state index contributed by atoms with van der Waals surface area (Å²) in [7, 11) is 0. The molecule has 1 heterocycles. The lowest BCUT2D eigenvalue weighted by Gasteiger charge is -2.23. The third-order valence-corrected chi connectivity index (χ3v) is 3.61. The molecule has 0 fully saturated rings. The molecule has 0 radical (unpaired) electrons. The number of carbonyl (C=O) groups excluding carboxylic acids is 2. The largest absolute Gasteiger partial charge is 0.464 e. The maximum absolute atomic E-state index is 12.5. The molecule has 1 aliphatic rings. The molecule has 4 nitrogen and oxygen atoms in total. The molecular formula is C16H15NO3. The predicted octanol–water partition coefficient (Wildman–Crippen LogP) is 2.75. The van der Waals surface area contributed by atoms with Crippen molar-refractivity contribution in [2.75, 3.05) is 11.5 Å². The minimum atomic E-state index is -0.625. The Bertz CT molecular complexity index is 703. The highest BCUT2D eigenvalue weighted by atomic mass is 16.5. The number of rotatable bonds is 3. The molecular weight excluding hydrogens is 254 g/mol. The van der Waals surface area contributed by atoms with Gasteiger partial charge in [-0.05, 0) is 31.4 Å². The SMILES string of the molecule is CCOC(=O)[C@@H](C)N1C(=O)c2cccc3cccc1c23. The average Bonchev–Trinajstić information content (AvgIpc) is 2.74. The zero-order valence-electron chi connectivity index (χ0n) is 11.4. The van der Waals surface area contributed by atoms with Gasteiger partial charge >= 0.3 is 5.97 Å². The fourth-order valence-electron chi connectivity index (χ4n) is 2.69. The number of ether oxygens (including phenoxy) is 1. The van der Waals surface area contributed by atoms with Crippen molar-refractivity contribution in [1.29, 1.82) is 0 Å². The Hall–Kier alpha value is -2.36. The van der Waals surface area contributed by atoms with E-state index in [0.717, 1.165) is 16.5 Å². The standard InChI is InChI=1S/C16H15NO3/c1-3-20-16(19)10(2)17-13-9-5-7-11-6-4-8-12(14(11)13)15(17)18/h4-10H,3H2,1-2H3/t10-/m1/s1. The first-order valence-corrected chi connectivity index (χ1v) is 6.67. The molecule has 0 aliphatic carbocycles. The number of anilines is 1. The summed E-state index contributed by atoms with van der Waals surface area (Å²) in [5.74, 6) is -0.525. The molecule has 1 atom stereocenters. The summed E-state index contributed by atoms with van der Waals surface area (Å²) in [6.07, 6.45) is 0. The number of hydrogen-bond donors (Lipinski definition) is 0.